The van der Waals surface area contributed by atoms with E-state index in [9.17, 15) is 13.2 Å². The number of amides is 1. The van der Waals surface area contributed by atoms with Crippen molar-refractivity contribution in [2.75, 3.05) is 45.5 Å². The van der Waals surface area contributed by atoms with E-state index in [1.807, 2.05) is 16.7 Å². The number of nitrogens with one attached hydrogen (secondary N) is 2. The van der Waals surface area contributed by atoms with Crippen LogP contribution in [0.3, 0.4) is 0 Å². The van der Waals surface area contributed by atoms with Gasteiger partial charge in [0.15, 0.2) is 5.96 Å². The maximum absolute atomic E-state index is 12.2. The van der Waals surface area contributed by atoms with E-state index < -0.39 is 10.0 Å². The van der Waals surface area contributed by atoms with Gasteiger partial charge in [0, 0.05) is 32.2 Å². The Hall–Kier alpha value is -0.620. The van der Waals surface area contributed by atoms with Gasteiger partial charge < -0.3 is 15.1 Å². The van der Waals surface area contributed by atoms with Crippen LogP contribution in [-0.4, -0.2) is 81.7 Å². The molecule has 0 aromatic rings. The molecule has 0 aromatic carbocycles. The molecule has 1 saturated heterocycles. The molecule has 2 aliphatic rings. The summed E-state index contributed by atoms with van der Waals surface area (Å²) in [5, 5.41) is 3.16. The van der Waals surface area contributed by atoms with Gasteiger partial charge in [-0.2, -0.15) is 0 Å². The summed E-state index contributed by atoms with van der Waals surface area (Å²) in [6.45, 7) is 5.09. The van der Waals surface area contributed by atoms with E-state index in [2.05, 4.69) is 15.0 Å². The minimum Gasteiger partial charge on any atom is -0.357 e. The van der Waals surface area contributed by atoms with Gasteiger partial charge in [-0.15, -0.1) is 24.0 Å². The maximum atomic E-state index is 12.2. The Bertz CT molecular complexity index is 536. The summed E-state index contributed by atoms with van der Waals surface area (Å²) in [5.41, 5.74) is 0. The monoisotopic (exact) mass is 459 g/mol. The van der Waals surface area contributed by atoms with Gasteiger partial charge in [0.25, 0.3) is 0 Å². The zero-order valence-electron chi connectivity index (χ0n) is 13.6. The third-order valence-electron chi connectivity index (χ3n) is 3.62. The molecule has 0 atom stereocenters. The predicted molar refractivity (Wildman–Crippen MR) is 101 cm³/mol. The summed E-state index contributed by atoms with van der Waals surface area (Å²) in [7, 11) is -3.19. The highest BCUT2D eigenvalue weighted by atomic mass is 127. The molecular formula is C13H26IN5O3S. The van der Waals surface area contributed by atoms with Crippen molar-refractivity contribution in [3.63, 3.8) is 0 Å². The van der Waals surface area contributed by atoms with Crippen LogP contribution in [0.1, 0.15) is 19.8 Å². The van der Waals surface area contributed by atoms with Gasteiger partial charge in [-0.3, -0.25) is 9.79 Å². The van der Waals surface area contributed by atoms with Gasteiger partial charge in [-0.1, -0.05) is 0 Å². The lowest BCUT2D eigenvalue weighted by Crippen LogP contribution is -2.55. The Morgan fingerprint density at radius 3 is 2.57 bits per heavy atom. The first kappa shape index (κ1) is 20.4. The van der Waals surface area contributed by atoms with Crippen LogP contribution < -0.4 is 10.0 Å². The smallest absolute Gasteiger partial charge is 0.242 e. The van der Waals surface area contributed by atoms with Crippen molar-refractivity contribution in [1.29, 1.82) is 0 Å². The lowest BCUT2D eigenvalue weighted by Gasteiger charge is -2.36. The molecule has 1 heterocycles. The third kappa shape index (κ3) is 6.79. The number of hydrogen-bond acceptors (Lipinski definition) is 4. The van der Waals surface area contributed by atoms with Crippen molar-refractivity contribution < 1.29 is 13.2 Å². The Morgan fingerprint density at radius 2 is 2.04 bits per heavy atom. The second-order valence-corrected chi connectivity index (χ2v) is 7.48. The van der Waals surface area contributed by atoms with Gasteiger partial charge in [-0.25, -0.2) is 13.1 Å². The van der Waals surface area contributed by atoms with Crippen molar-refractivity contribution in [1.82, 2.24) is 19.8 Å². The largest absolute Gasteiger partial charge is 0.357 e. The van der Waals surface area contributed by atoms with Crippen LogP contribution in [-0.2, 0) is 14.8 Å². The van der Waals surface area contributed by atoms with Gasteiger partial charge in [0.1, 0.15) is 0 Å². The molecule has 23 heavy (non-hydrogen) atoms. The fourth-order valence-corrected chi connectivity index (χ4v) is 2.92. The molecule has 1 aliphatic carbocycles. The van der Waals surface area contributed by atoms with Crippen LogP contribution >= 0.6 is 24.0 Å². The molecule has 0 bridgehead atoms. The van der Waals surface area contributed by atoms with Crippen molar-refractivity contribution >= 4 is 45.9 Å². The number of halogens is 1. The average molecular weight is 459 g/mol. The van der Waals surface area contributed by atoms with Gasteiger partial charge >= 0.3 is 0 Å². The van der Waals surface area contributed by atoms with Crippen molar-refractivity contribution in [3.05, 3.63) is 0 Å². The predicted octanol–water partition coefficient (Wildman–Crippen LogP) is -0.574. The highest BCUT2D eigenvalue weighted by Gasteiger charge is 2.36. The SMILES string of the molecule is CCNC(=NCCNS(C)(=O)=O)N1CCN(C2CC2)C(=O)C1.I. The van der Waals surface area contributed by atoms with Crippen molar-refractivity contribution in [3.8, 4) is 0 Å². The average Bonchev–Trinajstić information content (AvgIpc) is 3.25. The summed E-state index contributed by atoms with van der Waals surface area (Å²) >= 11 is 0. The molecule has 8 nitrogen and oxygen atoms in total. The zero-order valence-corrected chi connectivity index (χ0v) is 16.8. The van der Waals surface area contributed by atoms with E-state index in [1.54, 1.807) is 0 Å². The summed E-state index contributed by atoms with van der Waals surface area (Å²) in [6.07, 6.45) is 3.37. The number of sulfonamides is 1. The molecule has 1 aliphatic heterocycles. The van der Waals surface area contributed by atoms with E-state index in [0.717, 1.165) is 32.2 Å². The first-order chi connectivity index (χ1) is 10.4. The van der Waals surface area contributed by atoms with Crippen molar-refractivity contribution in [2.24, 2.45) is 4.99 Å². The number of guanidine groups is 1. The molecule has 0 unspecified atom stereocenters. The lowest BCUT2D eigenvalue weighted by molar-refractivity contribution is -0.135. The minimum atomic E-state index is -3.19. The summed E-state index contributed by atoms with van der Waals surface area (Å²) in [4.78, 5) is 20.5. The van der Waals surface area contributed by atoms with E-state index in [0.29, 0.717) is 31.6 Å². The lowest BCUT2D eigenvalue weighted by atomic mass is 10.3. The zero-order chi connectivity index (χ0) is 16.2. The quantitative estimate of drug-likeness (QED) is 0.240. The second kappa shape index (κ2) is 9.02. The molecule has 10 heteroatoms. The van der Waals surface area contributed by atoms with E-state index >= 15 is 0 Å². The Morgan fingerprint density at radius 1 is 1.35 bits per heavy atom. The fraction of sp³-hybridized carbons (Fsp3) is 0.846. The number of hydrogen-bond donors (Lipinski definition) is 2. The summed E-state index contributed by atoms with van der Waals surface area (Å²) in [5.74, 6) is 0.815. The molecule has 2 N–H and O–H groups in total. The fourth-order valence-electron chi connectivity index (χ4n) is 2.46. The number of carbonyl (C=O) groups is 1. The summed E-state index contributed by atoms with van der Waals surface area (Å²) < 4.78 is 24.4. The molecule has 1 saturated carbocycles. The molecular weight excluding hydrogens is 433 g/mol. The maximum Gasteiger partial charge on any atom is 0.242 e. The first-order valence-electron chi connectivity index (χ1n) is 7.68. The highest BCUT2D eigenvalue weighted by molar-refractivity contribution is 14.0. The minimum absolute atomic E-state index is 0. The van der Waals surface area contributed by atoms with Gasteiger partial charge in [0.2, 0.25) is 15.9 Å². The number of piperazine rings is 1. The molecule has 0 aromatic heterocycles. The number of rotatable bonds is 6. The van der Waals surface area contributed by atoms with Crippen LogP contribution in [0.4, 0.5) is 0 Å². The second-order valence-electron chi connectivity index (χ2n) is 5.64. The van der Waals surface area contributed by atoms with Crippen LogP contribution in [0.15, 0.2) is 4.99 Å². The molecule has 1 amide bonds. The third-order valence-corrected chi connectivity index (χ3v) is 4.35. The van der Waals surface area contributed by atoms with E-state index in [-0.39, 0.29) is 36.4 Å². The molecule has 0 radical (unpaired) electrons. The van der Waals surface area contributed by atoms with E-state index in [4.69, 9.17) is 0 Å². The molecule has 0 spiro atoms. The standard InChI is InChI=1S/C13H25N5O3S.HI/c1-3-14-13(15-6-7-16-22(2,20)21)17-8-9-18(11-4-5-11)12(19)10-17;/h11,16H,3-10H2,1-2H3,(H,14,15);1H. The molecule has 134 valence electrons. The Balaban J connectivity index is 0.00000264. The van der Waals surface area contributed by atoms with E-state index in [1.165, 1.54) is 0 Å². The number of carbonyl (C=O) groups excluding carboxylic acids is 1. The molecule has 2 fully saturated rings. The molecule has 2 rings (SSSR count). The summed E-state index contributed by atoms with van der Waals surface area (Å²) in [6, 6.07) is 0.452. The van der Waals surface area contributed by atoms with Gasteiger partial charge in [-0.05, 0) is 19.8 Å². The highest BCUT2D eigenvalue weighted by Crippen LogP contribution is 2.27. The van der Waals surface area contributed by atoms with Gasteiger partial charge in [0.05, 0.1) is 19.3 Å². The van der Waals surface area contributed by atoms with Crippen LogP contribution in [0.2, 0.25) is 0 Å². The number of nitrogens with zero attached hydrogens (tertiary/aromatic N) is 3. The number of aliphatic imine (C=N–C) groups is 1. The Kier molecular flexibility index (Phi) is 8.01. The van der Waals surface area contributed by atoms with Crippen LogP contribution in [0.5, 0.6) is 0 Å². The topological polar surface area (TPSA) is 94.1 Å². The normalized spacial score (nSPS) is 19.6. The van der Waals surface area contributed by atoms with Crippen LogP contribution in [0, 0.1) is 0 Å². The Labute approximate surface area is 155 Å². The first-order valence-corrected chi connectivity index (χ1v) is 9.57. The van der Waals surface area contributed by atoms with Crippen molar-refractivity contribution in [2.45, 2.75) is 25.8 Å². The van der Waals surface area contributed by atoms with Crippen LogP contribution in [0.25, 0.3) is 0 Å².